The Hall–Kier alpha value is -1.07. The summed E-state index contributed by atoms with van der Waals surface area (Å²) in [6.45, 7) is 4.60. The zero-order chi connectivity index (χ0) is 13.1. The van der Waals surface area contributed by atoms with E-state index in [1.54, 1.807) is 6.07 Å². The fourth-order valence-corrected chi connectivity index (χ4v) is 2.64. The molecular formula is C13H16BrNO3. The Kier molecular flexibility index (Phi) is 4.24. The second-order valence-corrected chi connectivity index (χ2v) is 5.30. The first-order valence-corrected chi connectivity index (χ1v) is 6.76. The van der Waals surface area contributed by atoms with Gasteiger partial charge in [0.25, 0.3) is 0 Å². The highest BCUT2D eigenvalue weighted by molar-refractivity contribution is 9.10. The lowest BCUT2D eigenvalue weighted by atomic mass is 10.2. The molecule has 0 aromatic heterocycles. The number of ether oxygens (including phenoxy) is 1. The fraction of sp³-hybridized carbons (Fsp3) is 0.462. The molecule has 1 aromatic carbocycles. The molecule has 1 atom stereocenters. The summed E-state index contributed by atoms with van der Waals surface area (Å²) in [6.07, 6.45) is 1.19. The van der Waals surface area contributed by atoms with Crippen molar-refractivity contribution < 1.29 is 14.6 Å². The molecule has 1 aromatic rings. The molecule has 0 bridgehead atoms. The molecule has 4 nitrogen and oxygen atoms in total. The third-order valence-corrected chi connectivity index (χ3v) is 3.66. The topological polar surface area (TPSA) is 49.8 Å². The van der Waals surface area contributed by atoms with Crippen LogP contribution in [-0.2, 0) is 4.74 Å². The number of carboxylic acid groups (broad SMARTS) is 1. The van der Waals surface area contributed by atoms with Gasteiger partial charge in [-0.25, -0.2) is 4.79 Å². The molecule has 98 valence electrons. The largest absolute Gasteiger partial charge is 0.478 e. The van der Waals surface area contributed by atoms with Crippen LogP contribution in [0.15, 0.2) is 22.7 Å². The highest BCUT2D eigenvalue weighted by Gasteiger charge is 2.17. The number of rotatable bonds is 2. The first kappa shape index (κ1) is 13.4. The molecule has 0 saturated carbocycles. The summed E-state index contributed by atoms with van der Waals surface area (Å²) >= 11 is 3.31. The van der Waals surface area contributed by atoms with Crippen LogP contribution in [0.5, 0.6) is 0 Å². The molecule has 0 aliphatic carbocycles. The van der Waals surface area contributed by atoms with Crippen molar-refractivity contribution in [2.24, 2.45) is 0 Å². The van der Waals surface area contributed by atoms with Gasteiger partial charge in [-0.3, -0.25) is 0 Å². The molecule has 5 heteroatoms. The standard InChI is InChI=1S/C13H16BrNO3/c1-9-8-15(5-2-6-18-9)10-3-4-11(13(16)17)12(14)7-10/h3-4,7,9H,2,5-6,8H2,1H3,(H,16,17). The molecule has 0 spiro atoms. The van der Waals surface area contributed by atoms with E-state index >= 15 is 0 Å². The Morgan fingerprint density at radius 2 is 2.33 bits per heavy atom. The first-order valence-electron chi connectivity index (χ1n) is 5.97. The van der Waals surface area contributed by atoms with Gasteiger partial charge in [-0.05, 0) is 47.5 Å². The van der Waals surface area contributed by atoms with Crippen molar-refractivity contribution in [2.45, 2.75) is 19.4 Å². The number of hydrogen-bond donors (Lipinski definition) is 1. The molecule has 2 rings (SSSR count). The summed E-state index contributed by atoms with van der Waals surface area (Å²) in [5.74, 6) is -0.916. The van der Waals surface area contributed by atoms with Crippen LogP contribution in [0.25, 0.3) is 0 Å². The van der Waals surface area contributed by atoms with E-state index in [0.717, 1.165) is 31.8 Å². The second kappa shape index (κ2) is 5.71. The smallest absolute Gasteiger partial charge is 0.336 e. The number of anilines is 1. The van der Waals surface area contributed by atoms with Gasteiger partial charge >= 0.3 is 5.97 Å². The molecule has 1 heterocycles. The lowest BCUT2D eigenvalue weighted by Gasteiger charge is -2.24. The van der Waals surface area contributed by atoms with Crippen LogP contribution < -0.4 is 4.90 Å². The summed E-state index contributed by atoms with van der Waals surface area (Å²) in [5, 5.41) is 8.99. The number of carbonyl (C=O) groups is 1. The van der Waals surface area contributed by atoms with Crippen molar-refractivity contribution in [3.8, 4) is 0 Å². The van der Waals surface area contributed by atoms with Gasteiger partial charge in [-0.1, -0.05) is 0 Å². The summed E-state index contributed by atoms with van der Waals surface area (Å²) in [7, 11) is 0. The average Bonchev–Trinajstić information content (AvgIpc) is 2.53. The SMILES string of the molecule is CC1CN(c2ccc(C(=O)O)c(Br)c2)CCCO1. The van der Waals surface area contributed by atoms with Crippen LogP contribution in [0.3, 0.4) is 0 Å². The van der Waals surface area contributed by atoms with E-state index in [2.05, 4.69) is 27.8 Å². The van der Waals surface area contributed by atoms with E-state index < -0.39 is 5.97 Å². The van der Waals surface area contributed by atoms with Crippen LogP contribution in [0.2, 0.25) is 0 Å². The highest BCUT2D eigenvalue weighted by atomic mass is 79.9. The van der Waals surface area contributed by atoms with Crippen molar-refractivity contribution in [2.75, 3.05) is 24.6 Å². The molecule has 1 aliphatic heterocycles. The van der Waals surface area contributed by atoms with Gasteiger partial charge < -0.3 is 14.7 Å². The van der Waals surface area contributed by atoms with E-state index in [1.807, 2.05) is 12.1 Å². The number of carboxylic acids is 1. The maximum absolute atomic E-state index is 11.0. The highest BCUT2D eigenvalue weighted by Crippen LogP contribution is 2.25. The van der Waals surface area contributed by atoms with Gasteiger partial charge in [0.2, 0.25) is 0 Å². The molecule has 1 fully saturated rings. The molecule has 0 radical (unpaired) electrons. The summed E-state index contributed by atoms with van der Waals surface area (Å²) in [4.78, 5) is 13.2. The van der Waals surface area contributed by atoms with Gasteiger partial charge in [0.1, 0.15) is 0 Å². The molecule has 1 N–H and O–H groups in total. The van der Waals surface area contributed by atoms with Gasteiger partial charge in [-0.15, -0.1) is 0 Å². The third-order valence-electron chi connectivity index (χ3n) is 3.00. The normalized spacial score (nSPS) is 20.6. The molecule has 18 heavy (non-hydrogen) atoms. The number of nitrogens with zero attached hydrogens (tertiary/aromatic N) is 1. The van der Waals surface area contributed by atoms with Gasteiger partial charge in [0.05, 0.1) is 11.7 Å². The molecule has 0 amide bonds. The van der Waals surface area contributed by atoms with Crippen LogP contribution in [-0.4, -0.2) is 36.9 Å². The van der Waals surface area contributed by atoms with E-state index in [9.17, 15) is 4.79 Å². The fourth-order valence-electron chi connectivity index (χ4n) is 2.10. The number of hydrogen-bond acceptors (Lipinski definition) is 3. The maximum Gasteiger partial charge on any atom is 0.336 e. The van der Waals surface area contributed by atoms with Gasteiger partial charge in [-0.2, -0.15) is 0 Å². The average molecular weight is 314 g/mol. The quantitative estimate of drug-likeness (QED) is 0.912. The van der Waals surface area contributed by atoms with Crippen molar-refractivity contribution >= 4 is 27.6 Å². The Morgan fingerprint density at radius 3 is 3.00 bits per heavy atom. The number of benzene rings is 1. The van der Waals surface area contributed by atoms with Crippen molar-refractivity contribution in [1.29, 1.82) is 0 Å². The lowest BCUT2D eigenvalue weighted by molar-refractivity contribution is 0.0695. The minimum Gasteiger partial charge on any atom is -0.478 e. The Balaban J connectivity index is 2.22. The Morgan fingerprint density at radius 1 is 1.56 bits per heavy atom. The monoisotopic (exact) mass is 313 g/mol. The predicted octanol–water partition coefficient (Wildman–Crippen LogP) is 2.76. The predicted molar refractivity (Wildman–Crippen MR) is 73.3 cm³/mol. The Bertz CT molecular complexity index is 450. The molecule has 1 saturated heterocycles. The first-order chi connectivity index (χ1) is 8.58. The zero-order valence-corrected chi connectivity index (χ0v) is 11.8. The van der Waals surface area contributed by atoms with Crippen molar-refractivity contribution in [3.05, 3.63) is 28.2 Å². The Labute approximate surface area is 115 Å². The lowest BCUT2D eigenvalue weighted by Crippen LogP contribution is -2.30. The zero-order valence-electron chi connectivity index (χ0n) is 10.2. The summed E-state index contributed by atoms with van der Waals surface area (Å²) < 4.78 is 6.22. The molecule has 1 aliphatic rings. The minimum absolute atomic E-state index is 0.199. The van der Waals surface area contributed by atoms with Gasteiger partial charge in [0.15, 0.2) is 0 Å². The van der Waals surface area contributed by atoms with Crippen LogP contribution >= 0.6 is 15.9 Å². The van der Waals surface area contributed by atoms with E-state index in [-0.39, 0.29) is 11.7 Å². The summed E-state index contributed by atoms with van der Waals surface area (Å²) in [6, 6.07) is 5.35. The van der Waals surface area contributed by atoms with E-state index in [1.165, 1.54) is 0 Å². The third kappa shape index (κ3) is 3.03. The maximum atomic E-state index is 11.0. The van der Waals surface area contributed by atoms with Crippen molar-refractivity contribution in [3.63, 3.8) is 0 Å². The van der Waals surface area contributed by atoms with E-state index in [4.69, 9.17) is 9.84 Å². The van der Waals surface area contributed by atoms with Gasteiger partial charge in [0, 0.05) is 29.9 Å². The van der Waals surface area contributed by atoms with Crippen molar-refractivity contribution in [1.82, 2.24) is 0 Å². The van der Waals surface area contributed by atoms with E-state index in [0.29, 0.717) is 4.47 Å². The summed E-state index contributed by atoms with van der Waals surface area (Å²) in [5.41, 5.74) is 1.32. The van der Waals surface area contributed by atoms with Crippen LogP contribution in [0, 0.1) is 0 Å². The number of aromatic carboxylic acids is 1. The molecule has 1 unspecified atom stereocenters. The number of halogens is 1. The second-order valence-electron chi connectivity index (χ2n) is 4.45. The van der Waals surface area contributed by atoms with Crippen LogP contribution in [0.4, 0.5) is 5.69 Å². The van der Waals surface area contributed by atoms with Crippen LogP contribution in [0.1, 0.15) is 23.7 Å². The molecular weight excluding hydrogens is 298 g/mol. The minimum atomic E-state index is -0.916.